The highest BCUT2D eigenvalue weighted by atomic mass is 16.4. The number of carbonyl (C=O) groups is 2. The lowest BCUT2D eigenvalue weighted by Crippen LogP contribution is -2.53. The first kappa shape index (κ1) is 17.8. The molecule has 0 spiro atoms. The van der Waals surface area contributed by atoms with Crippen LogP contribution in [0.4, 0.5) is 4.79 Å². The van der Waals surface area contributed by atoms with Gasteiger partial charge in [0.05, 0.1) is 6.54 Å². The third-order valence-corrected chi connectivity index (χ3v) is 4.22. The molecule has 0 bridgehead atoms. The zero-order chi connectivity index (χ0) is 16.0. The minimum atomic E-state index is -0.815. The van der Waals surface area contributed by atoms with Crippen molar-refractivity contribution in [2.24, 2.45) is 17.8 Å². The predicted octanol–water partition coefficient (Wildman–Crippen LogP) is 1.33. The minimum Gasteiger partial charge on any atom is -0.480 e. The van der Waals surface area contributed by atoms with Gasteiger partial charge in [-0.25, -0.2) is 4.79 Å². The van der Waals surface area contributed by atoms with Crippen molar-refractivity contribution in [2.75, 3.05) is 39.3 Å². The Bertz CT molecular complexity index is 342. The number of nitrogens with one attached hydrogen (secondary N) is 1. The van der Waals surface area contributed by atoms with Gasteiger partial charge in [-0.15, -0.1) is 0 Å². The van der Waals surface area contributed by atoms with Crippen LogP contribution in [-0.2, 0) is 4.79 Å². The van der Waals surface area contributed by atoms with Gasteiger partial charge in [0.15, 0.2) is 0 Å². The van der Waals surface area contributed by atoms with Crippen LogP contribution in [0.5, 0.6) is 0 Å². The van der Waals surface area contributed by atoms with Gasteiger partial charge in [0, 0.05) is 32.7 Å². The van der Waals surface area contributed by atoms with E-state index in [0.29, 0.717) is 50.5 Å². The van der Waals surface area contributed by atoms with Crippen LogP contribution in [0.2, 0.25) is 0 Å². The third kappa shape index (κ3) is 5.91. The van der Waals surface area contributed by atoms with Gasteiger partial charge < -0.3 is 15.3 Å². The minimum absolute atomic E-state index is 0.0312. The summed E-state index contributed by atoms with van der Waals surface area (Å²) in [5.74, 6) is 0.738. The van der Waals surface area contributed by atoms with E-state index >= 15 is 0 Å². The smallest absolute Gasteiger partial charge is 0.317 e. The SMILES string of the molecule is CC(C)C(CNC(=O)N1CCN(CC(=O)O)CC1)C(C)C. The molecular weight excluding hydrogens is 270 g/mol. The Kier molecular flexibility index (Phi) is 6.95. The summed E-state index contributed by atoms with van der Waals surface area (Å²) in [6.07, 6.45) is 0. The van der Waals surface area contributed by atoms with E-state index in [1.54, 1.807) is 4.90 Å². The molecule has 0 aromatic carbocycles. The molecule has 0 radical (unpaired) electrons. The zero-order valence-electron chi connectivity index (χ0n) is 13.6. The normalized spacial score (nSPS) is 16.8. The maximum atomic E-state index is 12.2. The summed E-state index contributed by atoms with van der Waals surface area (Å²) in [5, 5.41) is 11.8. The molecule has 0 aromatic rings. The van der Waals surface area contributed by atoms with E-state index in [1.165, 1.54) is 0 Å². The second-order valence-corrected chi connectivity index (χ2v) is 6.49. The van der Waals surface area contributed by atoms with Crippen molar-refractivity contribution in [3.63, 3.8) is 0 Å². The van der Waals surface area contributed by atoms with Crippen molar-refractivity contribution < 1.29 is 14.7 Å². The molecule has 0 atom stereocenters. The fraction of sp³-hybridized carbons (Fsp3) is 0.867. The summed E-state index contributed by atoms with van der Waals surface area (Å²) in [4.78, 5) is 26.4. The van der Waals surface area contributed by atoms with Gasteiger partial charge >= 0.3 is 12.0 Å². The Morgan fingerprint density at radius 1 is 1.05 bits per heavy atom. The van der Waals surface area contributed by atoms with Gasteiger partial charge in [-0.2, -0.15) is 0 Å². The van der Waals surface area contributed by atoms with Crippen LogP contribution in [0.25, 0.3) is 0 Å². The first-order valence-electron chi connectivity index (χ1n) is 7.78. The lowest BCUT2D eigenvalue weighted by Gasteiger charge is -2.34. The molecule has 0 aromatic heterocycles. The van der Waals surface area contributed by atoms with E-state index in [2.05, 4.69) is 33.0 Å². The lowest BCUT2D eigenvalue weighted by molar-refractivity contribution is -0.138. The second kappa shape index (κ2) is 8.22. The molecule has 1 heterocycles. The van der Waals surface area contributed by atoms with Crippen molar-refractivity contribution >= 4 is 12.0 Å². The number of hydrogen-bond donors (Lipinski definition) is 2. The maximum Gasteiger partial charge on any atom is 0.317 e. The number of rotatable bonds is 6. The molecule has 1 saturated heterocycles. The quantitative estimate of drug-likeness (QED) is 0.776. The summed E-state index contributed by atoms with van der Waals surface area (Å²) in [7, 11) is 0. The van der Waals surface area contributed by atoms with Crippen LogP contribution in [0.3, 0.4) is 0 Å². The standard InChI is InChI=1S/C15H29N3O3/c1-11(2)13(12(3)4)9-16-15(21)18-7-5-17(6-8-18)10-14(19)20/h11-13H,5-10H2,1-4H3,(H,16,21)(H,19,20). The molecule has 21 heavy (non-hydrogen) atoms. The number of carboxylic acid groups (broad SMARTS) is 1. The van der Waals surface area contributed by atoms with Crippen molar-refractivity contribution in [1.29, 1.82) is 0 Å². The largest absolute Gasteiger partial charge is 0.480 e. The molecule has 122 valence electrons. The number of urea groups is 1. The highest BCUT2D eigenvalue weighted by Gasteiger charge is 2.24. The van der Waals surface area contributed by atoms with Gasteiger partial charge in [-0.1, -0.05) is 27.7 Å². The topological polar surface area (TPSA) is 72.9 Å². The number of amides is 2. The van der Waals surface area contributed by atoms with Crippen molar-refractivity contribution in [3.8, 4) is 0 Å². The molecule has 1 aliphatic rings. The molecule has 1 fully saturated rings. The number of aliphatic carboxylic acids is 1. The molecule has 0 aliphatic carbocycles. The summed E-state index contributed by atoms with van der Waals surface area (Å²) in [5.41, 5.74) is 0. The zero-order valence-corrected chi connectivity index (χ0v) is 13.6. The van der Waals surface area contributed by atoms with Crippen LogP contribution in [0.1, 0.15) is 27.7 Å². The first-order valence-corrected chi connectivity index (χ1v) is 7.78. The van der Waals surface area contributed by atoms with Gasteiger partial charge in [0.2, 0.25) is 0 Å². The fourth-order valence-corrected chi connectivity index (χ4v) is 2.86. The van der Waals surface area contributed by atoms with Crippen LogP contribution in [-0.4, -0.2) is 66.2 Å². The average molecular weight is 299 g/mol. The average Bonchev–Trinajstić information content (AvgIpc) is 2.38. The Hall–Kier alpha value is -1.30. The van der Waals surface area contributed by atoms with Crippen molar-refractivity contribution in [1.82, 2.24) is 15.1 Å². The van der Waals surface area contributed by atoms with Crippen LogP contribution < -0.4 is 5.32 Å². The molecule has 1 rings (SSSR count). The van der Waals surface area contributed by atoms with Crippen LogP contribution >= 0.6 is 0 Å². The maximum absolute atomic E-state index is 12.2. The fourth-order valence-electron chi connectivity index (χ4n) is 2.86. The Morgan fingerprint density at radius 3 is 2.00 bits per heavy atom. The molecule has 6 nitrogen and oxygen atoms in total. The molecule has 2 N–H and O–H groups in total. The van der Waals surface area contributed by atoms with E-state index in [4.69, 9.17) is 5.11 Å². The molecular formula is C15H29N3O3. The summed E-state index contributed by atoms with van der Waals surface area (Å²) in [6.45, 7) is 11.9. The van der Waals surface area contributed by atoms with E-state index in [0.717, 1.165) is 0 Å². The Balaban J connectivity index is 2.35. The molecule has 2 amide bonds. The Labute approximate surface area is 127 Å². The second-order valence-electron chi connectivity index (χ2n) is 6.49. The van der Waals surface area contributed by atoms with Crippen LogP contribution in [0, 0.1) is 17.8 Å². The lowest BCUT2D eigenvalue weighted by atomic mass is 9.85. The highest BCUT2D eigenvalue weighted by Crippen LogP contribution is 2.19. The van der Waals surface area contributed by atoms with E-state index in [-0.39, 0.29) is 12.6 Å². The van der Waals surface area contributed by atoms with Crippen LogP contribution in [0.15, 0.2) is 0 Å². The summed E-state index contributed by atoms with van der Waals surface area (Å²) in [6, 6.07) is -0.0312. The monoisotopic (exact) mass is 299 g/mol. The van der Waals surface area contributed by atoms with Gasteiger partial charge in [0.1, 0.15) is 0 Å². The van der Waals surface area contributed by atoms with Crippen molar-refractivity contribution in [2.45, 2.75) is 27.7 Å². The van der Waals surface area contributed by atoms with E-state index in [9.17, 15) is 9.59 Å². The van der Waals surface area contributed by atoms with Gasteiger partial charge in [-0.05, 0) is 17.8 Å². The number of hydrogen-bond acceptors (Lipinski definition) is 3. The first-order chi connectivity index (χ1) is 9.81. The molecule has 0 saturated carbocycles. The molecule has 1 aliphatic heterocycles. The highest BCUT2D eigenvalue weighted by molar-refractivity contribution is 5.74. The molecule has 0 unspecified atom stereocenters. The van der Waals surface area contributed by atoms with E-state index in [1.807, 2.05) is 4.90 Å². The summed E-state index contributed by atoms with van der Waals surface area (Å²) < 4.78 is 0. The number of nitrogens with zero attached hydrogens (tertiary/aromatic N) is 2. The van der Waals surface area contributed by atoms with E-state index < -0.39 is 5.97 Å². The Morgan fingerprint density at radius 2 is 1.57 bits per heavy atom. The number of carbonyl (C=O) groups excluding carboxylic acids is 1. The number of carboxylic acids is 1. The third-order valence-electron chi connectivity index (χ3n) is 4.22. The van der Waals surface area contributed by atoms with Gasteiger partial charge in [-0.3, -0.25) is 9.69 Å². The van der Waals surface area contributed by atoms with Crippen molar-refractivity contribution in [3.05, 3.63) is 0 Å². The summed E-state index contributed by atoms with van der Waals surface area (Å²) >= 11 is 0. The van der Waals surface area contributed by atoms with Gasteiger partial charge in [0.25, 0.3) is 0 Å². The number of piperazine rings is 1. The predicted molar refractivity (Wildman–Crippen MR) is 82.2 cm³/mol. The molecule has 6 heteroatoms.